The molecule has 3 nitrogen and oxygen atoms in total. The van der Waals surface area contributed by atoms with Crippen LogP contribution < -0.4 is 0 Å². The van der Waals surface area contributed by atoms with E-state index in [2.05, 4.69) is 9.98 Å². The minimum atomic E-state index is -2.03. The molecule has 0 radical (unpaired) electrons. The largest absolute Gasteiger partial charge is 0.308 e. The third-order valence-electron chi connectivity index (χ3n) is 2.78. The van der Waals surface area contributed by atoms with Crippen molar-refractivity contribution in [2.24, 2.45) is 4.99 Å². The molecular formula is C10H5N2OP. The van der Waals surface area contributed by atoms with Crippen LogP contribution >= 0.6 is 7.14 Å². The van der Waals surface area contributed by atoms with Crippen molar-refractivity contribution >= 4 is 12.9 Å². The van der Waals surface area contributed by atoms with Gasteiger partial charge in [0.1, 0.15) is 5.71 Å². The van der Waals surface area contributed by atoms with Crippen LogP contribution in [0.3, 0.4) is 0 Å². The molecule has 4 heteroatoms. The zero-order valence-corrected chi connectivity index (χ0v) is 8.03. The van der Waals surface area contributed by atoms with Gasteiger partial charge in [0.2, 0.25) is 0 Å². The van der Waals surface area contributed by atoms with E-state index in [0.717, 1.165) is 27.3 Å². The highest BCUT2D eigenvalue weighted by Crippen LogP contribution is 3.02. The molecule has 0 aromatic carbocycles. The number of pyridine rings is 1. The molecule has 0 amide bonds. The molecule has 3 aliphatic heterocycles. The Morgan fingerprint density at radius 3 is 2.71 bits per heavy atom. The molecule has 4 rings (SSSR count). The lowest BCUT2D eigenvalue weighted by Gasteiger charge is -2.06. The smallest absolute Gasteiger partial charge is 0.178 e. The van der Waals surface area contributed by atoms with E-state index in [4.69, 9.17) is 0 Å². The van der Waals surface area contributed by atoms with Gasteiger partial charge >= 0.3 is 0 Å². The first kappa shape index (κ1) is 6.91. The van der Waals surface area contributed by atoms with Crippen molar-refractivity contribution in [3.05, 3.63) is 52.2 Å². The zero-order chi connectivity index (χ0) is 9.34. The SMILES string of the molecule is O=P12c3cnc(-c4ccccn4)c1c32. The molecule has 4 heterocycles. The molecule has 1 fully saturated rings. The topological polar surface area (TPSA) is 42.3 Å². The second-order valence-electron chi connectivity index (χ2n) is 3.51. The second kappa shape index (κ2) is 1.82. The monoisotopic (exact) mass is 200 g/mol. The summed E-state index contributed by atoms with van der Waals surface area (Å²) in [5.41, 5.74) is 1.65. The summed E-state index contributed by atoms with van der Waals surface area (Å²) in [7, 11) is -2.03. The quantitative estimate of drug-likeness (QED) is 0.653. The summed E-state index contributed by atoms with van der Waals surface area (Å²) in [6.45, 7) is 0. The average molecular weight is 200 g/mol. The highest BCUT2D eigenvalue weighted by molar-refractivity contribution is 7.95. The Hall–Kier alpha value is -1.47. The van der Waals surface area contributed by atoms with Crippen LogP contribution in [-0.2, 0) is 4.57 Å². The summed E-state index contributed by atoms with van der Waals surface area (Å²) < 4.78 is 11.9. The first-order valence-electron chi connectivity index (χ1n) is 4.39. The van der Waals surface area contributed by atoms with Gasteiger partial charge in [-0.1, -0.05) is 6.07 Å². The summed E-state index contributed by atoms with van der Waals surface area (Å²) in [5.74, 6) is 0. The number of aliphatic imine (C=N–C) groups is 1. The van der Waals surface area contributed by atoms with Gasteiger partial charge in [0, 0.05) is 17.7 Å². The summed E-state index contributed by atoms with van der Waals surface area (Å²) in [5, 5.41) is 3.05. The van der Waals surface area contributed by atoms with Gasteiger partial charge < -0.3 is 4.57 Å². The normalized spacial score (nSPS) is 30.6. The molecule has 0 saturated carbocycles. The number of hydrogen-bond donors (Lipinski definition) is 0. The third-order valence-corrected chi connectivity index (χ3v) is 5.51. The lowest BCUT2D eigenvalue weighted by atomic mass is 10.2. The summed E-state index contributed by atoms with van der Waals surface area (Å²) in [6.07, 6.45) is 3.46. The predicted molar refractivity (Wildman–Crippen MR) is 53.5 cm³/mol. The molecule has 14 heavy (non-hydrogen) atoms. The van der Waals surface area contributed by atoms with Gasteiger partial charge in [-0.3, -0.25) is 9.98 Å². The average Bonchev–Trinajstić information content (AvgIpc) is 3.08. The Bertz CT molecular complexity index is 610. The van der Waals surface area contributed by atoms with Crippen molar-refractivity contribution in [2.75, 3.05) is 0 Å². The Balaban J connectivity index is 1.91. The van der Waals surface area contributed by atoms with E-state index in [-0.39, 0.29) is 0 Å². The van der Waals surface area contributed by atoms with E-state index in [9.17, 15) is 4.57 Å². The maximum absolute atomic E-state index is 11.9. The molecule has 0 bridgehead atoms. The number of allylic oxidation sites excluding steroid dienone is 3. The third kappa shape index (κ3) is 0.554. The van der Waals surface area contributed by atoms with E-state index < -0.39 is 7.14 Å². The number of hydrogen-bond acceptors (Lipinski definition) is 3. The molecule has 1 saturated heterocycles. The van der Waals surface area contributed by atoms with Gasteiger partial charge in [0.05, 0.1) is 16.3 Å². The molecular weight excluding hydrogens is 195 g/mol. The lowest BCUT2D eigenvalue weighted by molar-refractivity contribution is 0.596. The summed E-state index contributed by atoms with van der Waals surface area (Å²) in [4.78, 5) is 8.47. The minimum Gasteiger partial charge on any atom is -0.308 e. The number of fused-ring (bicyclic) bond motifs is 1. The summed E-state index contributed by atoms with van der Waals surface area (Å²) >= 11 is 0. The van der Waals surface area contributed by atoms with Crippen LogP contribution in [0.5, 0.6) is 0 Å². The van der Waals surface area contributed by atoms with E-state index >= 15 is 0 Å². The van der Waals surface area contributed by atoms with Crippen molar-refractivity contribution in [2.45, 2.75) is 0 Å². The van der Waals surface area contributed by atoms with Crippen LogP contribution in [0.25, 0.3) is 0 Å². The van der Waals surface area contributed by atoms with Crippen molar-refractivity contribution in [3.8, 4) is 0 Å². The molecule has 1 aromatic rings. The van der Waals surface area contributed by atoms with E-state index in [0.29, 0.717) is 0 Å². The Morgan fingerprint density at radius 1 is 1.21 bits per heavy atom. The second-order valence-corrected chi connectivity index (χ2v) is 6.11. The van der Waals surface area contributed by atoms with E-state index in [1.807, 2.05) is 18.2 Å². The van der Waals surface area contributed by atoms with Crippen LogP contribution in [0, 0.1) is 0 Å². The lowest BCUT2D eigenvalue weighted by Crippen LogP contribution is -2.04. The molecule has 1 atom stereocenters. The Kier molecular flexibility index (Phi) is 0.896. The fourth-order valence-electron chi connectivity index (χ4n) is 1.95. The summed E-state index contributed by atoms with van der Waals surface area (Å²) in [6, 6.07) is 5.68. The number of aromatic nitrogens is 1. The van der Waals surface area contributed by atoms with Crippen molar-refractivity contribution in [1.82, 2.24) is 4.98 Å². The number of rotatable bonds is 1. The van der Waals surface area contributed by atoms with Crippen molar-refractivity contribution < 1.29 is 4.57 Å². The molecule has 3 aliphatic rings. The molecule has 1 unspecified atom stereocenters. The van der Waals surface area contributed by atoms with Gasteiger partial charge in [0.15, 0.2) is 7.14 Å². The van der Waals surface area contributed by atoms with Crippen LogP contribution in [0.15, 0.2) is 51.5 Å². The van der Waals surface area contributed by atoms with Crippen LogP contribution in [0.4, 0.5) is 0 Å². The number of nitrogens with zero attached hydrogens (tertiary/aromatic N) is 2. The van der Waals surface area contributed by atoms with E-state index in [1.165, 1.54) is 0 Å². The first-order chi connectivity index (χ1) is 6.83. The predicted octanol–water partition coefficient (Wildman–Crippen LogP) is 2.33. The Labute approximate surface area is 80.3 Å². The standard InChI is InChI=1S/C10H5N2OP/c13-14-7-5-12-8(10(14)9(7)14)6-3-1-2-4-11-6/h1-5H. The van der Waals surface area contributed by atoms with Crippen LogP contribution in [0.1, 0.15) is 5.69 Å². The molecule has 66 valence electrons. The van der Waals surface area contributed by atoms with Crippen LogP contribution in [-0.4, -0.2) is 10.7 Å². The van der Waals surface area contributed by atoms with Gasteiger partial charge in [-0.2, -0.15) is 0 Å². The van der Waals surface area contributed by atoms with Crippen molar-refractivity contribution in [3.63, 3.8) is 0 Å². The molecule has 0 N–H and O–H groups in total. The minimum absolute atomic E-state index is 0.818. The molecule has 0 aliphatic carbocycles. The zero-order valence-electron chi connectivity index (χ0n) is 7.14. The van der Waals surface area contributed by atoms with Gasteiger partial charge in [0.25, 0.3) is 0 Å². The van der Waals surface area contributed by atoms with Gasteiger partial charge in [-0.15, -0.1) is 0 Å². The highest BCUT2D eigenvalue weighted by atomic mass is 31.2. The fourth-order valence-corrected chi connectivity index (χ4v) is 4.61. The molecule has 1 aromatic heterocycles. The van der Waals surface area contributed by atoms with Crippen molar-refractivity contribution in [1.29, 1.82) is 0 Å². The maximum Gasteiger partial charge on any atom is 0.178 e. The maximum atomic E-state index is 11.9. The molecule has 0 spiro atoms. The van der Waals surface area contributed by atoms with E-state index in [1.54, 1.807) is 12.4 Å². The Morgan fingerprint density at radius 2 is 2.07 bits per heavy atom. The highest BCUT2D eigenvalue weighted by Gasteiger charge is 2.73. The first-order valence-corrected chi connectivity index (χ1v) is 6.10. The fraction of sp³-hybridized carbons (Fsp3) is 0. The van der Waals surface area contributed by atoms with Gasteiger partial charge in [-0.25, -0.2) is 0 Å². The van der Waals surface area contributed by atoms with Gasteiger partial charge in [-0.05, 0) is 12.1 Å². The van der Waals surface area contributed by atoms with Crippen LogP contribution in [0.2, 0.25) is 0 Å².